The molecule has 4 heteroatoms. The number of carbonyl (C=O) groups excluding carboxylic acids is 2. The summed E-state index contributed by atoms with van der Waals surface area (Å²) in [4.78, 5) is 24.9. The first-order valence-corrected chi connectivity index (χ1v) is 8.97. The van der Waals surface area contributed by atoms with Gasteiger partial charge in [-0.25, -0.2) is 0 Å². The molecule has 3 aromatic carbocycles. The molecule has 0 aliphatic carbocycles. The molecule has 4 nitrogen and oxygen atoms in total. The molecule has 2 amide bonds. The van der Waals surface area contributed by atoms with Crippen LogP contribution in [0.15, 0.2) is 66.7 Å². The second-order valence-electron chi connectivity index (χ2n) is 6.73. The van der Waals surface area contributed by atoms with Crippen molar-refractivity contribution in [2.45, 2.75) is 19.9 Å². The van der Waals surface area contributed by atoms with Gasteiger partial charge in [-0.1, -0.05) is 48.5 Å². The largest absolute Gasteiger partial charge is 0.348 e. The fraction of sp³-hybridized carbons (Fsp3) is 0.130. The van der Waals surface area contributed by atoms with E-state index in [-0.39, 0.29) is 11.8 Å². The van der Waals surface area contributed by atoms with E-state index in [1.54, 1.807) is 12.1 Å². The monoisotopic (exact) mass is 356 g/mol. The van der Waals surface area contributed by atoms with Crippen molar-refractivity contribution >= 4 is 17.5 Å². The molecule has 0 spiro atoms. The van der Waals surface area contributed by atoms with E-state index < -0.39 is 0 Å². The maximum Gasteiger partial charge on any atom is 0.255 e. The van der Waals surface area contributed by atoms with E-state index in [1.807, 2.05) is 42.5 Å². The highest BCUT2D eigenvalue weighted by atomic mass is 16.2. The zero-order valence-electron chi connectivity index (χ0n) is 15.1. The molecule has 0 saturated carbocycles. The summed E-state index contributed by atoms with van der Waals surface area (Å²) in [5, 5.41) is 5.78. The minimum atomic E-state index is -0.218. The Balaban J connectivity index is 1.67. The first-order valence-electron chi connectivity index (χ1n) is 8.97. The summed E-state index contributed by atoms with van der Waals surface area (Å²) in [5.41, 5.74) is 6.23. The molecule has 1 aliphatic rings. The molecular weight excluding hydrogens is 336 g/mol. The molecule has 27 heavy (non-hydrogen) atoms. The van der Waals surface area contributed by atoms with Gasteiger partial charge in [-0.2, -0.15) is 0 Å². The quantitative estimate of drug-likeness (QED) is 0.740. The van der Waals surface area contributed by atoms with Gasteiger partial charge in [0.05, 0.1) is 11.3 Å². The van der Waals surface area contributed by atoms with Crippen LogP contribution in [-0.4, -0.2) is 11.8 Å². The minimum absolute atomic E-state index is 0.139. The Morgan fingerprint density at radius 1 is 0.963 bits per heavy atom. The van der Waals surface area contributed by atoms with Crippen LogP contribution in [0.2, 0.25) is 0 Å². The fourth-order valence-electron chi connectivity index (χ4n) is 3.48. The number of carbonyl (C=O) groups is 2. The third kappa shape index (κ3) is 3.34. The number of benzene rings is 3. The zero-order valence-corrected chi connectivity index (χ0v) is 15.1. The molecule has 0 aromatic heterocycles. The van der Waals surface area contributed by atoms with Crippen LogP contribution in [0.25, 0.3) is 0 Å². The lowest BCUT2D eigenvalue weighted by Gasteiger charge is -2.13. The Morgan fingerprint density at radius 3 is 2.48 bits per heavy atom. The summed E-state index contributed by atoms with van der Waals surface area (Å²) < 4.78 is 0. The number of aryl methyl sites for hydroxylation is 1. The first-order chi connectivity index (χ1) is 13.1. The SMILES string of the molecule is Cc1ccccc1Cc1ccc(NC(=O)c2ccccc2)c2c1CNC2=O. The van der Waals surface area contributed by atoms with Gasteiger partial charge in [0, 0.05) is 12.1 Å². The highest BCUT2D eigenvalue weighted by Gasteiger charge is 2.26. The van der Waals surface area contributed by atoms with Crippen LogP contribution in [0.4, 0.5) is 5.69 Å². The van der Waals surface area contributed by atoms with Gasteiger partial charge in [0.25, 0.3) is 11.8 Å². The van der Waals surface area contributed by atoms with Crippen LogP contribution in [0.3, 0.4) is 0 Å². The van der Waals surface area contributed by atoms with E-state index in [1.165, 1.54) is 11.1 Å². The lowest BCUT2D eigenvalue weighted by atomic mass is 9.94. The van der Waals surface area contributed by atoms with Crippen molar-refractivity contribution in [1.29, 1.82) is 0 Å². The molecule has 0 fully saturated rings. The molecule has 3 aromatic rings. The molecule has 0 bridgehead atoms. The minimum Gasteiger partial charge on any atom is -0.348 e. The van der Waals surface area contributed by atoms with Crippen LogP contribution in [-0.2, 0) is 13.0 Å². The number of fused-ring (bicyclic) bond motifs is 1. The molecule has 1 aliphatic heterocycles. The zero-order chi connectivity index (χ0) is 18.8. The number of hydrogen-bond acceptors (Lipinski definition) is 2. The Hall–Kier alpha value is -3.40. The van der Waals surface area contributed by atoms with Gasteiger partial charge < -0.3 is 10.6 Å². The predicted octanol–water partition coefficient (Wildman–Crippen LogP) is 4.08. The van der Waals surface area contributed by atoms with E-state index in [9.17, 15) is 9.59 Å². The smallest absolute Gasteiger partial charge is 0.255 e. The van der Waals surface area contributed by atoms with E-state index in [0.717, 1.165) is 17.5 Å². The van der Waals surface area contributed by atoms with Gasteiger partial charge in [-0.05, 0) is 53.8 Å². The highest BCUT2D eigenvalue weighted by Crippen LogP contribution is 2.30. The van der Waals surface area contributed by atoms with Crippen molar-refractivity contribution in [1.82, 2.24) is 5.32 Å². The van der Waals surface area contributed by atoms with E-state index >= 15 is 0 Å². The maximum absolute atomic E-state index is 12.5. The van der Waals surface area contributed by atoms with Crippen molar-refractivity contribution in [3.05, 3.63) is 100 Å². The molecule has 0 radical (unpaired) electrons. The number of rotatable bonds is 4. The van der Waals surface area contributed by atoms with Crippen LogP contribution >= 0.6 is 0 Å². The molecule has 134 valence electrons. The third-order valence-electron chi connectivity index (χ3n) is 4.99. The average molecular weight is 356 g/mol. The van der Waals surface area contributed by atoms with Crippen LogP contribution in [0.5, 0.6) is 0 Å². The number of amides is 2. The molecule has 4 rings (SSSR count). The second-order valence-corrected chi connectivity index (χ2v) is 6.73. The summed E-state index contributed by atoms with van der Waals surface area (Å²) in [7, 11) is 0. The van der Waals surface area contributed by atoms with Crippen molar-refractivity contribution in [2.75, 3.05) is 5.32 Å². The Bertz CT molecular complexity index is 1030. The van der Waals surface area contributed by atoms with E-state index in [0.29, 0.717) is 23.4 Å². The van der Waals surface area contributed by atoms with Crippen molar-refractivity contribution in [3.8, 4) is 0 Å². The molecule has 0 saturated heterocycles. The third-order valence-corrected chi connectivity index (χ3v) is 4.99. The Labute approximate surface area is 158 Å². The highest BCUT2D eigenvalue weighted by molar-refractivity contribution is 6.10. The van der Waals surface area contributed by atoms with Gasteiger partial charge in [-0.15, -0.1) is 0 Å². The van der Waals surface area contributed by atoms with Crippen molar-refractivity contribution < 1.29 is 9.59 Å². The molecule has 0 unspecified atom stereocenters. The first kappa shape index (κ1) is 17.0. The van der Waals surface area contributed by atoms with Gasteiger partial charge >= 0.3 is 0 Å². The normalized spacial score (nSPS) is 12.4. The standard InChI is InChI=1S/C23H20N2O2/c1-15-7-5-6-10-17(15)13-18-11-12-20(21-19(18)14-24-23(21)27)25-22(26)16-8-3-2-4-9-16/h2-12H,13-14H2,1H3,(H,24,27)(H,25,26). The Morgan fingerprint density at radius 2 is 1.70 bits per heavy atom. The van der Waals surface area contributed by atoms with Crippen LogP contribution in [0.1, 0.15) is 43.0 Å². The van der Waals surface area contributed by atoms with E-state index in [4.69, 9.17) is 0 Å². The summed E-state index contributed by atoms with van der Waals surface area (Å²) in [6.07, 6.45) is 0.761. The summed E-state index contributed by atoms with van der Waals surface area (Å²) in [6.45, 7) is 2.58. The number of nitrogens with one attached hydrogen (secondary N) is 2. The van der Waals surface area contributed by atoms with Crippen molar-refractivity contribution in [2.24, 2.45) is 0 Å². The molecule has 1 heterocycles. The summed E-state index contributed by atoms with van der Waals surface area (Å²) in [5.74, 6) is -0.357. The van der Waals surface area contributed by atoms with Gasteiger partial charge in [0.2, 0.25) is 0 Å². The average Bonchev–Trinajstić information content (AvgIpc) is 3.08. The molecule has 0 atom stereocenters. The van der Waals surface area contributed by atoms with Crippen LogP contribution in [0, 0.1) is 6.92 Å². The Kier molecular flexibility index (Phi) is 4.47. The lowest BCUT2D eigenvalue weighted by Crippen LogP contribution is -2.17. The van der Waals surface area contributed by atoms with Gasteiger partial charge in [-0.3, -0.25) is 9.59 Å². The van der Waals surface area contributed by atoms with Gasteiger partial charge in [0.15, 0.2) is 0 Å². The second kappa shape index (κ2) is 7.08. The topological polar surface area (TPSA) is 58.2 Å². The molecular formula is C23H20N2O2. The van der Waals surface area contributed by atoms with Crippen LogP contribution < -0.4 is 10.6 Å². The van der Waals surface area contributed by atoms with E-state index in [2.05, 4.69) is 29.7 Å². The fourth-order valence-corrected chi connectivity index (χ4v) is 3.48. The number of hydrogen-bond donors (Lipinski definition) is 2. The van der Waals surface area contributed by atoms with Gasteiger partial charge in [0.1, 0.15) is 0 Å². The predicted molar refractivity (Wildman–Crippen MR) is 106 cm³/mol. The number of anilines is 1. The summed E-state index contributed by atoms with van der Waals surface area (Å²) in [6, 6.07) is 21.1. The molecule has 2 N–H and O–H groups in total. The van der Waals surface area contributed by atoms with Crippen molar-refractivity contribution in [3.63, 3.8) is 0 Å². The summed E-state index contributed by atoms with van der Waals surface area (Å²) >= 11 is 0. The maximum atomic E-state index is 12.5. The lowest BCUT2D eigenvalue weighted by molar-refractivity contribution is 0.0966.